The SMILES string of the molecule is Cc1ccnc(NC(=O)/C=C/c2cccs2)c1. The van der Waals surface area contributed by atoms with Crippen LogP contribution in [0.15, 0.2) is 41.9 Å². The molecule has 2 rings (SSSR count). The fourth-order valence-corrected chi connectivity index (χ4v) is 1.93. The highest BCUT2D eigenvalue weighted by Crippen LogP contribution is 2.10. The van der Waals surface area contributed by atoms with Crippen molar-refractivity contribution >= 4 is 29.1 Å². The number of aromatic nitrogens is 1. The third-order valence-electron chi connectivity index (χ3n) is 2.11. The van der Waals surface area contributed by atoms with Gasteiger partial charge in [0.05, 0.1) is 0 Å². The van der Waals surface area contributed by atoms with Gasteiger partial charge >= 0.3 is 0 Å². The second-order valence-corrected chi connectivity index (χ2v) is 4.54. The molecule has 4 heteroatoms. The topological polar surface area (TPSA) is 42.0 Å². The predicted octanol–water partition coefficient (Wildman–Crippen LogP) is 3.10. The second kappa shape index (κ2) is 5.41. The number of hydrogen-bond donors (Lipinski definition) is 1. The number of amides is 1. The first-order valence-corrected chi connectivity index (χ1v) is 6.07. The number of hydrogen-bond acceptors (Lipinski definition) is 3. The number of carbonyl (C=O) groups is 1. The van der Waals surface area contributed by atoms with Crippen molar-refractivity contribution < 1.29 is 4.79 Å². The zero-order valence-electron chi connectivity index (χ0n) is 9.38. The molecule has 0 bridgehead atoms. The van der Waals surface area contributed by atoms with Gasteiger partial charge in [-0.2, -0.15) is 0 Å². The quantitative estimate of drug-likeness (QED) is 0.843. The van der Waals surface area contributed by atoms with Crippen LogP contribution in [0.25, 0.3) is 6.08 Å². The molecule has 3 nitrogen and oxygen atoms in total. The molecule has 2 aromatic rings. The summed E-state index contributed by atoms with van der Waals surface area (Å²) in [6.45, 7) is 1.96. The van der Waals surface area contributed by atoms with E-state index in [0.29, 0.717) is 5.82 Å². The molecule has 2 aromatic heterocycles. The molecular formula is C13H12N2OS. The average molecular weight is 244 g/mol. The molecule has 0 aromatic carbocycles. The maximum atomic E-state index is 11.6. The number of nitrogens with one attached hydrogen (secondary N) is 1. The van der Waals surface area contributed by atoms with Crippen LogP contribution in [0.1, 0.15) is 10.4 Å². The van der Waals surface area contributed by atoms with Gasteiger partial charge in [-0.3, -0.25) is 4.79 Å². The lowest BCUT2D eigenvalue weighted by Crippen LogP contribution is -2.08. The van der Waals surface area contributed by atoms with Crippen LogP contribution in [0.2, 0.25) is 0 Å². The Kier molecular flexibility index (Phi) is 3.67. The van der Waals surface area contributed by atoms with Gasteiger partial charge in [0.15, 0.2) is 0 Å². The number of thiophene rings is 1. The van der Waals surface area contributed by atoms with Crippen LogP contribution in [0.5, 0.6) is 0 Å². The van der Waals surface area contributed by atoms with E-state index in [-0.39, 0.29) is 5.91 Å². The molecule has 1 amide bonds. The van der Waals surface area contributed by atoms with Gasteiger partial charge in [-0.25, -0.2) is 4.98 Å². The summed E-state index contributed by atoms with van der Waals surface area (Å²) in [5.41, 5.74) is 1.07. The maximum absolute atomic E-state index is 11.6. The van der Waals surface area contributed by atoms with E-state index in [2.05, 4.69) is 10.3 Å². The second-order valence-electron chi connectivity index (χ2n) is 3.56. The van der Waals surface area contributed by atoms with Crippen molar-refractivity contribution in [1.29, 1.82) is 0 Å². The summed E-state index contributed by atoms with van der Waals surface area (Å²) in [5.74, 6) is 0.405. The van der Waals surface area contributed by atoms with E-state index >= 15 is 0 Å². The summed E-state index contributed by atoms with van der Waals surface area (Å²) >= 11 is 1.59. The molecule has 0 atom stereocenters. The van der Waals surface area contributed by atoms with E-state index in [1.54, 1.807) is 23.6 Å². The number of carbonyl (C=O) groups excluding carboxylic acids is 1. The molecule has 1 N–H and O–H groups in total. The Morgan fingerprint density at radius 1 is 1.47 bits per heavy atom. The Morgan fingerprint density at radius 2 is 2.35 bits per heavy atom. The van der Waals surface area contributed by atoms with E-state index in [1.165, 1.54) is 6.08 Å². The number of rotatable bonds is 3. The van der Waals surface area contributed by atoms with E-state index in [1.807, 2.05) is 36.6 Å². The molecule has 0 saturated carbocycles. The van der Waals surface area contributed by atoms with Crippen LogP contribution >= 0.6 is 11.3 Å². The molecule has 17 heavy (non-hydrogen) atoms. The zero-order valence-corrected chi connectivity index (χ0v) is 10.2. The highest BCUT2D eigenvalue weighted by molar-refractivity contribution is 7.10. The maximum Gasteiger partial charge on any atom is 0.249 e. The molecular weight excluding hydrogens is 232 g/mol. The molecule has 0 radical (unpaired) electrons. The highest BCUT2D eigenvalue weighted by Gasteiger charge is 1.98. The molecule has 0 aliphatic rings. The van der Waals surface area contributed by atoms with Gasteiger partial charge in [0.2, 0.25) is 5.91 Å². The number of aryl methyl sites for hydroxylation is 1. The summed E-state index contributed by atoms with van der Waals surface area (Å²) in [6, 6.07) is 7.62. The van der Waals surface area contributed by atoms with Crippen molar-refractivity contribution in [2.45, 2.75) is 6.92 Å². The Bertz CT molecular complexity index is 532. The molecule has 2 heterocycles. The lowest BCUT2D eigenvalue weighted by molar-refractivity contribution is -0.111. The van der Waals surface area contributed by atoms with Crippen LogP contribution in [0.3, 0.4) is 0 Å². The molecule has 0 saturated heterocycles. The smallest absolute Gasteiger partial charge is 0.249 e. The molecule has 86 valence electrons. The zero-order chi connectivity index (χ0) is 12.1. The van der Waals surface area contributed by atoms with Gasteiger partial charge < -0.3 is 5.32 Å². The summed E-state index contributed by atoms with van der Waals surface area (Å²) in [4.78, 5) is 16.7. The van der Waals surface area contributed by atoms with E-state index in [9.17, 15) is 4.79 Å². The van der Waals surface area contributed by atoms with Crippen LogP contribution in [-0.2, 0) is 4.79 Å². The van der Waals surface area contributed by atoms with Crippen molar-refractivity contribution in [1.82, 2.24) is 4.98 Å². The van der Waals surface area contributed by atoms with Crippen LogP contribution in [-0.4, -0.2) is 10.9 Å². The normalized spacial score (nSPS) is 10.6. The molecule has 0 aliphatic heterocycles. The molecule has 0 fully saturated rings. The average Bonchev–Trinajstić information content (AvgIpc) is 2.79. The van der Waals surface area contributed by atoms with Crippen molar-refractivity contribution in [3.05, 3.63) is 52.4 Å². The lowest BCUT2D eigenvalue weighted by Gasteiger charge is -2.01. The van der Waals surface area contributed by atoms with Crippen LogP contribution in [0.4, 0.5) is 5.82 Å². The summed E-state index contributed by atoms with van der Waals surface area (Å²) in [5, 5.41) is 4.68. The minimum atomic E-state index is -0.170. The predicted molar refractivity (Wildman–Crippen MR) is 71.0 cm³/mol. The van der Waals surface area contributed by atoms with Crippen molar-refractivity contribution in [2.75, 3.05) is 5.32 Å². The number of nitrogens with zero attached hydrogens (tertiary/aromatic N) is 1. The fourth-order valence-electron chi connectivity index (χ4n) is 1.32. The van der Waals surface area contributed by atoms with E-state index < -0.39 is 0 Å². The van der Waals surface area contributed by atoms with Crippen molar-refractivity contribution in [3.63, 3.8) is 0 Å². The summed E-state index contributed by atoms with van der Waals surface area (Å²) in [6.07, 6.45) is 4.97. The standard InChI is InChI=1S/C13H12N2OS/c1-10-6-7-14-12(9-10)15-13(16)5-4-11-3-2-8-17-11/h2-9H,1H3,(H,14,15,16)/b5-4+. The van der Waals surface area contributed by atoms with Gasteiger partial charge in [-0.1, -0.05) is 6.07 Å². The van der Waals surface area contributed by atoms with Crippen LogP contribution in [0, 0.1) is 6.92 Å². The Balaban J connectivity index is 1.98. The Morgan fingerprint density at radius 3 is 3.06 bits per heavy atom. The van der Waals surface area contributed by atoms with Gasteiger partial charge in [0.25, 0.3) is 0 Å². The number of anilines is 1. The molecule has 0 aliphatic carbocycles. The fraction of sp³-hybridized carbons (Fsp3) is 0.0769. The molecule has 0 spiro atoms. The first-order chi connectivity index (χ1) is 8.24. The highest BCUT2D eigenvalue weighted by atomic mass is 32.1. The number of pyridine rings is 1. The lowest BCUT2D eigenvalue weighted by atomic mass is 10.3. The van der Waals surface area contributed by atoms with Crippen molar-refractivity contribution in [3.8, 4) is 0 Å². The summed E-state index contributed by atoms with van der Waals surface area (Å²) < 4.78 is 0. The minimum Gasteiger partial charge on any atom is -0.307 e. The van der Waals surface area contributed by atoms with Gasteiger partial charge in [-0.15, -0.1) is 11.3 Å². The largest absolute Gasteiger partial charge is 0.307 e. The monoisotopic (exact) mass is 244 g/mol. The van der Waals surface area contributed by atoms with Gasteiger partial charge in [0, 0.05) is 17.2 Å². The first kappa shape index (κ1) is 11.5. The molecule has 0 unspecified atom stereocenters. The van der Waals surface area contributed by atoms with Crippen LogP contribution < -0.4 is 5.32 Å². The Labute approximate surface area is 104 Å². The Hall–Kier alpha value is -1.94. The van der Waals surface area contributed by atoms with Gasteiger partial charge in [0.1, 0.15) is 5.82 Å². The van der Waals surface area contributed by atoms with E-state index in [4.69, 9.17) is 0 Å². The third kappa shape index (κ3) is 3.53. The third-order valence-corrected chi connectivity index (χ3v) is 2.95. The first-order valence-electron chi connectivity index (χ1n) is 5.19. The summed E-state index contributed by atoms with van der Waals surface area (Å²) in [7, 11) is 0. The van der Waals surface area contributed by atoms with Gasteiger partial charge in [-0.05, 0) is 42.1 Å². The van der Waals surface area contributed by atoms with Crippen molar-refractivity contribution in [2.24, 2.45) is 0 Å². The minimum absolute atomic E-state index is 0.170. The van der Waals surface area contributed by atoms with E-state index in [0.717, 1.165) is 10.4 Å².